The highest BCUT2D eigenvalue weighted by Gasteiger charge is 2.08. The van der Waals surface area contributed by atoms with Gasteiger partial charge in [0, 0.05) is 0 Å². The zero-order chi connectivity index (χ0) is 10.8. The zero-order valence-electron chi connectivity index (χ0n) is 8.06. The molecule has 0 spiro atoms. The lowest BCUT2D eigenvalue weighted by Gasteiger charge is -2.00. The summed E-state index contributed by atoms with van der Waals surface area (Å²) in [6.07, 6.45) is 1.46. The lowest BCUT2D eigenvalue weighted by Crippen LogP contribution is -1.98. The van der Waals surface area contributed by atoms with Gasteiger partial charge >= 0.3 is 0 Å². The number of nitriles is 1. The fourth-order valence-electron chi connectivity index (χ4n) is 1.19. The first kappa shape index (κ1) is 9.62. The summed E-state index contributed by atoms with van der Waals surface area (Å²) in [7, 11) is 0. The monoisotopic (exact) mass is 216 g/mol. The molecule has 0 atom stereocenters. The van der Waals surface area contributed by atoms with Gasteiger partial charge < -0.3 is 5.73 Å². The van der Waals surface area contributed by atoms with Crippen molar-refractivity contribution in [1.82, 2.24) is 9.97 Å². The number of nitrogens with zero attached hydrogens (tertiary/aromatic N) is 3. The Morgan fingerprint density at radius 1 is 1.53 bits per heavy atom. The van der Waals surface area contributed by atoms with Crippen molar-refractivity contribution in [2.45, 2.75) is 6.92 Å². The Kier molecular flexibility index (Phi) is 2.35. The lowest BCUT2D eigenvalue weighted by molar-refractivity contribution is 1.17. The molecule has 0 aliphatic carbocycles. The Morgan fingerprint density at radius 3 is 2.87 bits per heavy atom. The third-order valence-electron chi connectivity index (χ3n) is 2.00. The number of hydrogen-bond acceptors (Lipinski definition) is 5. The summed E-state index contributed by atoms with van der Waals surface area (Å²) in [6.45, 7) is 1.99. The molecule has 0 saturated heterocycles. The Hall–Kier alpha value is -1.93. The van der Waals surface area contributed by atoms with Crippen molar-refractivity contribution in [2.75, 3.05) is 5.73 Å². The highest BCUT2D eigenvalue weighted by molar-refractivity contribution is 7.13. The Morgan fingerprint density at radius 2 is 2.33 bits per heavy atom. The summed E-state index contributed by atoms with van der Waals surface area (Å²) >= 11 is 1.56. The van der Waals surface area contributed by atoms with E-state index in [1.54, 1.807) is 11.3 Å². The van der Waals surface area contributed by atoms with Gasteiger partial charge in [-0.15, -0.1) is 11.3 Å². The van der Waals surface area contributed by atoms with Crippen LogP contribution in [0.2, 0.25) is 0 Å². The lowest BCUT2D eigenvalue weighted by atomic mass is 10.2. The average Bonchev–Trinajstić information content (AvgIpc) is 2.64. The second-order valence-electron chi connectivity index (χ2n) is 3.04. The van der Waals surface area contributed by atoms with E-state index in [1.807, 2.05) is 24.4 Å². The van der Waals surface area contributed by atoms with Crippen molar-refractivity contribution in [2.24, 2.45) is 0 Å². The molecule has 0 aliphatic heterocycles. The predicted molar refractivity (Wildman–Crippen MR) is 59.2 cm³/mol. The van der Waals surface area contributed by atoms with Crippen LogP contribution in [0, 0.1) is 18.3 Å². The van der Waals surface area contributed by atoms with Gasteiger partial charge in [0.05, 0.1) is 11.1 Å². The molecule has 0 unspecified atom stereocenters. The van der Waals surface area contributed by atoms with Gasteiger partial charge in [0.25, 0.3) is 0 Å². The number of aromatic nitrogens is 2. The number of thiophene rings is 1. The maximum Gasteiger partial charge on any atom is 0.171 e. The summed E-state index contributed by atoms with van der Waals surface area (Å²) in [5.41, 5.74) is 7.05. The van der Waals surface area contributed by atoms with E-state index in [0.717, 1.165) is 10.4 Å². The van der Waals surface area contributed by atoms with Crippen LogP contribution >= 0.6 is 11.3 Å². The molecule has 2 rings (SSSR count). The number of aryl methyl sites for hydroxylation is 1. The number of hydrogen-bond donors (Lipinski definition) is 1. The molecular formula is C10H8N4S. The van der Waals surface area contributed by atoms with E-state index in [9.17, 15) is 0 Å². The maximum absolute atomic E-state index is 8.69. The molecule has 2 aromatic heterocycles. The number of anilines is 1. The van der Waals surface area contributed by atoms with E-state index in [2.05, 4.69) is 9.97 Å². The molecule has 74 valence electrons. The minimum atomic E-state index is 0.232. The Bertz CT molecular complexity index is 539. The van der Waals surface area contributed by atoms with Crippen LogP contribution in [0.4, 0.5) is 5.82 Å². The van der Waals surface area contributed by atoms with E-state index in [1.165, 1.54) is 6.20 Å². The molecule has 0 aliphatic rings. The topological polar surface area (TPSA) is 75.6 Å². The summed E-state index contributed by atoms with van der Waals surface area (Å²) in [5.74, 6) is 0.814. The average molecular weight is 216 g/mol. The zero-order valence-corrected chi connectivity index (χ0v) is 8.88. The van der Waals surface area contributed by atoms with E-state index >= 15 is 0 Å². The van der Waals surface area contributed by atoms with Crippen molar-refractivity contribution in [1.29, 1.82) is 5.26 Å². The van der Waals surface area contributed by atoms with Crippen LogP contribution in [0.3, 0.4) is 0 Å². The van der Waals surface area contributed by atoms with Crippen molar-refractivity contribution in [3.8, 4) is 16.8 Å². The van der Waals surface area contributed by atoms with Crippen LogP contribution < -0.4 is 5.73 Å². The number of rotatable bonds is 1. The van der Waals surface area contributed by atoms with Gasteiger partial charge in [-0.2, -0.15) is 5.26 Å². The van der Waals surface area contributed by atoms with Crippen LogP contribution in [0.5, 0.6) is 0 Å². The fourth-order valence-corrected chi connectivity index (χ4v) is 2.06. The predicted octanol–water partition coefficient (Wildman–Crippen LogP) is 1.97. The van der Waals surface area contributed by atoms with Gasteiger partial charge in [0.15, 0.2) is 5.82 Å². The van der Waals surface area contributed by atoms with Crippen molar-refractivity contribution in [3.63, 3.8) is 0 Å². The molecule has 2 N–H and O–H groups in total. The van der Waals surface area contributed by atoms with Crippen LogP contribution in [-0.2, 0) is 0 Å². The molecule has 0 aromatic carbocycles. The normalized spacial score (nSPS) is 9.87. The molecule has 0 bridgehead atoms. The number of nitrogens with two attached hydrogens (primary N) is 1. The van der Waals surface area contributed by atoms with E-state index in [-0.39, 0.29) is 5.82 Å². The molecular weight excluding hydrogens is 208 g/mol. The first-order valence-corrected chi connectivity index (χ1v) is 5.17. The molecule has 4 nitrogen and oxygen atoms in total. The number of nitrogen functional groups attached to an aromatic ring is 1. The summed E-state index contributed by atoms with van der Waals surface area (Å²) < 4.78 is 0. The standard InChI is InChI=1S/C10H8N4S/c1-6-2-3-15-8(6)10-13-5-7(4-11)9(12)14-10/h2-3,5H,1H3,(H2,12,13,14). The van der Waals surface area contributed by atoms with Gasteiger partial charge in [0.2, 0.25) is 0 Å². The van der Waals surface area contributed by atoms with Crippen molar-refractivity contribution in [3.05, 3.63) is 28.8 Å². The summed E-state index contributed by atoms with van der Waals surface area (Å²) in [6, 6.07) is 3.93. The van der Waals surface area contributed by atoms with Crippen molar-refractivity contribution < 1.29 is 0 Å². The molecule has 0 radical (unpaired) electrons. The second kappa shape index (κ2) is 3.67. The maximum atomic E-state index is 8.69. The quantitative estimate of drug-likeness (QED) is 0.790. The minimum absolute atomic E-state index is 0.232. The van der Waals surface area contributed by atoms with Crippen LogP contribution in [-0.4, -0.2) is 9.97 Å². The SMILES string of the molecule is Cc1ccsc1-c1ncc(C#N)c(N)n1. The largest absolute Gasteiger partial charge is 0.382 e. The van der Waals surface area contributed by atoms with Gasteiger partial charge in [-0.05, 0) is 23.9 Å². The van der Waals surface area contributed by atoms with Crippen LogP contribution in [0.15, 0.2) is 17.6 Å². The summed E-state index contributed by atoms with van der Waals surface area (Å²) in [5, 5.41) is 10.7. The van der Waals surface area contributed by atoms with E-state index in [0.29, 0.717) is 11.4 Å². The highest BCUT2D eigenvalue weighted by Crippen LogP contribution is 2.26. The first-order valence-electron chi connectivity index (χ1n) is 4.29. The molecule has 5 heteroatoms. The first-order chi connectivity index (χ1) is 7.22. The molecule has 15 heavy (non-hydrogen) atoms. The fraction of sp³-hybridized carbons (Fsp3) is 0.100. The van der Waals surface area contributed by atoms with Gasteiger partial charge in [-0.3, -0.25) is 0 Å². The minimum Gasteiger partial charge on any atom is -0.382 e. The summed E-state index contributed by atoms with van der Waals surface area (Å²) in [4.78, 5) is 9.20. The highest BCUT2D eigenvalue weighted by atomic mass is 32.1. The smallest absolute Gasteiger partial charge is 0.171 e. The molecule has 2 heterocycles. The molecule has 0 amide bonds. The molecule has 0 saturated carbocycles. The van der Waals surface area contributed by atoms with Gasteiger partial charge in [-0.25, -0.2) is 9.97 Å². The van der Waals surface area contributed by atoms with Gasteiger partial charge in [0.1, 0.15) is 17.5 Å². The Labute approximate surface area is 91.0 Å². The van der Waals surface area contributed by atoms with Gasteiger partial charge in [-0.1, -0.05) is 0 Å². The van der Waals surface area contributed by atoms with E-state index in [4.69, 9.17) is 11.0 Å². The molecule has 0 fully saturated rings. The second-order valence-corrected chi connectivity index (χ2v) is 3.95. The Balaban J connectivity index is 2.53. The van der Waals surface area contributed by atoms with Crippen molar-refractivity contribution >= 4 is 17.2 Å². The van der Waals surface area contributed by atoms with E-state index < -0.39 is 0 Å². The van der Waals surface area contributed by atoms with Crippen LogP contribution in [0.1, 0.15) is 11.1 Å². The third kappa shape index (κ3) is 1.67. The third-order valence-corrected chi connectivity index (χ3v) is 3.02. The van der Waals surface area contributed by atoms with Crippen LogP contribution in [0.25, 0.3) is 10.7 Å². The molecule has 2 aromatic rings.